The minimum atomic E-state index is -3.00. The lowest BCUT2D eigenvalue weighted by atomic mass is 9.87. The molecule has 0 amide bonds. The zero-order valence-electron chi connectivity index (χ0n) is 12.7. The number of nitrogens with one attached hydrogen (secondary N) is 1. The lowest BCUT2D eigenvalue weighted by Crippen LogP contribution is -2.40. The first-order valence-corrected chi connectivity index (χ1v) is 9.48. The minimum Gasteiger partial charge on any atom is -0.316 e. The maximum Gasteiger partial charge on any atom is 0.211 e. The van der Waals surface area contributed by atoms with Gasteiger partial charge in [0.05, 0.1) is 6.26 Å². The molecular formula is C14H30N2O2S. The molecule has 114 valence electrons. The third-order valence-corrected chi connectivity index (χ3v) is 5.32. The number of rotatable bonds is 8. The average molecular weight is 290 g/mol. The van der Waals surface area contributed by atoms with Gasteiger partial charge in [0.1, 0.15) is 0 Å². The standard InChI is InChI=1S/C14H30N2O2S/c1-4-8-15-11-13(5-2)10-14-7-6-9-16(12-14)19(3,17)18/h13-15H,4-12H2,1-3H3. The summed E-state index contributed by atoms with van der Waals surface area (Å²) in [6.07, 6.45) is 7.01. The van der Waals surface area contributed by atoms with Crippen LogP contribution in [-0.4, -0.2) is 45.2 Å². The molecule has 1 fully saturated rings. The Labute approximate surface area is 119 Å². The number of sulfonamides is 1. The van der Waals surface area contributed by atoms with E-state index < -0.39 is 10.0 Å². The molecule has 0 aliphatic carbocycles. The Balaban J connectivity index is 2.41. The monoisotopic (exact) mass is 290 g/mol. The summed E-state index contributed by atoms with van der Waals surface area (Å²) in [6.45, 7) is 7.99. The van der Waals surface area contributed by atoms with Crippen LogP contribution >= 0.6 is 0 Å². The van der Waals surface area contributed by atoms with Crippen molar-refractivity contribution in [2.75, 3.05) is 32.4 Å². The minimum absolute atomic E-state index is 0.539. The maximum absolute atomic E-state index is 11.6. The second-order valence-electron chi connectivity index (χ2n) is 5.84. The lowest BCUT2D eigenvalue weighted by Gasteiger charge is -2.33. The predicted molar refractivity (Wildman–Crippen MR) is 80.7 cm³/mol. The highest BCUT2D eigenvalue weighted by molar-refractivity contribution is 7.88. The lowest BCUT2D eigenvalue weighted by molar-refractivity contribution is 0.226. The Morgan fingerprint density at radius 1 is 1.37 bits per heavy atom. The quantitative estimate of drug-likeness (QED) is 0.696. The average Bonchev–Trinajstić information content (AvgIpc) is 2.37. The molecule has 1 aliphatic rings. The molecule has 0 spiro atoms. The third kappa shape index (κ3) is 6.23. The van der Waals surface area contributed by atoms with Gasteiger partial charge in [-0.1, -0.05) is 20.3 Å². The van der Waals surface area contributed by atoms with Crippen LogP contribution in [0.1, 0.15) is 46.0 Å². The third-order valence-electron chi connectivity index (χ3n) is 4.05. The van der Waals surface area contributed by atoms with Crippen LogP contribution in [0.2, 0.25) is 0 Å². The molecule has 0 aromatic carbocycles. The van der Waals surface area contributed by atoms with Gasteiger partial charge in [-0.25, -0.2) is 12.7 Å². The van der Waals surface area contributed by atoms with Crippen molar-refractivity contribution in [2.45, 2.75) is 46.0 Å². The molecular weight excluding hydrogens is 260 g/mol. The molecule has 19 heavy (non-hydrogen) atoms. The molecule has 2 unspecified atom stereocenters. The van der Waals surface area contributed by atoms with Crippen molar-refractivity contribution in [3.05, 3.63) is 0 Å². The largest absolute Gasteiger partial charge is 0.316 e. The van der Waals surface area contributed by atoms with E-state index in [-0.39, 0.29) is 0 Å². The number of hydrogen-bond donors (Lipinski definition) is 1. The van der Waals surface area contributed by atoms with Crippen LogP contribution in [0.25, 0.3) is 0 Å². The van der Waals surface area contributed by atoms with Crippen LogP contribution in [0.15, 0.2) is 0 Å². The summed E-state index contributed by atoms with van der Waals surface area (Å²) in [6, 6.07) is 0. The van der Waals surface area contributed by atoms with Gasteiger partial charge >= 0.3 is 0 Å². The fraction of sp³-hybridized carbons (Fsp3) is 1.00. The van der Waals surface area contributed by atoms with Crippen LogP contribution in [0.5, 0.6) is 0 Å². The Morgan fingerprint density at radius 2 is 2.11 bits per heavy atom. The van der Waals surface area contributed by atoms with E-state index in [4.69, 9.17) is 0 Å². The molecule has 1 N–H and O–H groups in total. The Hall–Kier alpha value is -0.130. The van der Waals surface area contributed by atoms with E-state index in [1.54, 1.807) is 4.31 Å². The van der Waals surface area contributed by atoms with E-state index in [0.717, 1.165) is 32.5 Å². The van der Waals surface area contributed by atoms with E-state index in [1.807, 2.05) is 0 Å². The van der Waals surface area contributed by atoms with Crippen molar-refractivity contribution in [2.24, 2.45) is 11.8 Å². The summed E-state index contributed by atoms with van der Waals surface area (Å²) in [4.78, 5) is 0. The molecule has 1 saturated heterocycles. The van der Waals surface area contributed by atoms with Gasteiger partial charge < -0.3 is 5.32 Å². The highest BCUT2D eigenvalue weighted by atomic mass is 32.2. The number of hydrogen-bond acceptors (Lipinski definition) is 3. The molecule has 5 heteroatoms. The highest BCUT2D eigenvalue weighted by Crippen LogP contribution is 2.25. The molecule has 1 heterocycles. The first-order valence-electron chi connectivity index (χ1n) is 7.63. The van der Waals surface area contributed by atoms with E-state index in [2.05, 4.69) is 19.2 Å². The van der Waals surface area contributed by atoms with Crippen molar-refractivity contribution in [1.82, 2.24) is 9.62 Å². The first-order chi connectivity index (χ1) is 8.97. The fourth-order valence-electron chi connectivity index (χ4n) is 2.87. The molecule has 0 saturated carbocycles. The van der Waals surface area contributed by atoms with E-state index in [1.165, 1.54) is 25.5 Å². The van der Waals surface area contributed by atoms with Gasteiger partial charge in [-0.3, -0.25) is 0 Å². The normalized spacial score (nSPS) is 23.4. The summed E-state index contributed by atoms with van der Waals surface area (Å²) in [5.41, 5.74) is 0. The second-order valence-corrected chi connectivity index (χ2v) is 7.83. The van der Waals surface area contributed by atoms with Crippen molar-refractivity contribution >= 4 is 10.0 Å². The summed E-state index contributed by atoms with van der Waals surface area (Å²) in [5, 5.41) is 3.49. The summed E-state index contributed by atoms with van der Waals surface area (Å²) in [5.74, 6) is 1.22. The molecule has 0 bridgehead atoms. The molecule has 1 aliphatic heterocycles. The Bertz CT molecular complexity index is 343. The number of piperidine rings is 1. The zero-order valence-corrected chi connectivity index (χ0v) is 13.5. The fourth-order valence-corrected chi connectivity index (χ4v) is 3.81. The van der Waals surface area contributed by atoms with Gasteiger partial charge in [-0.05, 0) is 50.6 Å². The van der Waals surface area contributed by atoms with Crippen LogP contribution in [0, 0.1) is 11.8 Å². The smallest absolute Gasteiger partial charge is 0.211 e. The van der Waals surface area contributed by atoms with E-state index in [0.29, 0.717) is 18.4 Å². The van der Waals surface area contributed by atoms with Crippen LogP contribution in [0.4, 0.5) is 0 Å². The number of nitrogens with zero attached hydrogens (tertiary/aromatic N) is 1. The summed E-state index contributed by atoms with van der Waals surface area (Å²) in [7, 11) is -3.00. The van der Waals surface area contributed by atoms with Crippen LogP contribution in [-0.2, 0) is 10.0 Å². The van der Waals surface area contributed by atoms with Gasteiger partial charge in [0.25, 0.3) is 0 Å². The summed E-state index contributed by atoms with van der Waals surface area (Å²) < 4.78 is 24.9. The second kappa shape index (κ2) is 8.22. The Morgan fingerprint density at radius 3 is 2.68 bits per heavy atom. The van der Waals surface area contributed by atoms with E-state index >= 15 is 0 Å². The molecule has 4 nitrogen and oxygen atoms in total. The maximum atomic E-state index is 11.6. The van der Waals surface area contributed by atoms with Gasteiger partial charge in [0, 0.05) is 13.1 Å². The molecule has 2 atom stereocenters. The topological polar surface area (TPSA) is 49.4 Å². The van der Waals surface area contributed by atoms with Gasteiger partial charge in [-0.2, -0.15) is 0 Å². The zero-order chi connectivity index (χ0) is 14.3. The molecule has 0 radical (unpaired) electrons. The van der Waals surface area contributed by atoms with Gasteiger partial charge in [-0.15, -0.1) is 0 Å². The Kier molecular flexibility index (Phi) is 7.32. The van der Waals surface area contributed by atoms with E-state index in [9.17, 15) is 8.42 Å². The SMILES string of the molecule is CCCNCC(CC)CC1CCCN(S(C)(=O)=O)C1. The predicted octanol–water partition coefficient (Wildman–Crippen LogP) is 2.07. The van der Waals surface area contributed by atoms with Crippen molar-refractivity contribution in [3.63, 3.8) is 0 Å². The van der Waals surface area contributed by atoms with Gasteiger partial charge in [0.15, 0.2) is 0 Å². The van der Waals surface area contributed by atoms with Crippen molar-refractivity contribution < 1.29 is 8.42 Å². The first kappa shape index (κ1) is 16.9. The van der Waals surface area contributed by atoms with Crippen molar-refractivity contribution in [1.29, 1.82) is 0 Å². The highest BCUT2D eigenvalue weighted by Gasteiger charge is 2.27. The molecule has 0 aromatic rings. The van der Waals surface area contributed by atoms with Crippen LogP contribution < -0.4 is 5.32 Å². The summed E-state index contributed by atoms with van der Waals surface area (Å²) >= 11 is 0. The van der Waals surface area contributed by atoms with Gasteiger partial charge in [0.2, 0.25) is 10.0 Å². The van der Waals surface area contributed by atoms with Crippen molar-refractivity contribution in [3.8, 4) is 0 Å². The molecule has 0 aromatic heterocycles. The molecule has 1 rings (SSSR count). The van der Waals surface area contributed by atoms with Crippen LogP contribution in [0.3, 0.4) is 0 Å².